The van der Waals surface area contributed by atoms with E-state index in [1.165, 1.54) is 0 Å². The number of aromatic nitrogens is 3. The van der Waals surface area contributed by atoms with Crippen molar-refractivity contribution in [1.29, 1.82) is 0 Å². The van der Waals surface area contributed by atoms with Gasteiger partial charge in [-0.25, -0.2) is 9.97 Å². The Labute approximate surface area is 134 Å². The minimum atomic E-state index is 0.309. The van der Waals surface area contributed by atoms with Crippen LogP contribution in [0.1, 0.15) is 17.8 Å². The quantitative estimate of drug-likeness (QED) is 0.805. The van der Waals surface area contributed by atoms with Crippen molar-refractivity contribution >= 4 is 11.2 Å². The van der Waals surface area contributed by atoms with E-state index in [0.717, 1.165) is 48.7 Å². The first kappa shape index (κ1) is 14.2. The third kappa shape index (κ3) is 2.80. The summed E-state index contributed by atoms with van der Waals surface area (Å²) in [6.07, 6.45) is 3.47. The number of benzene rings is 1. The van der Waals surface area contributed by atoms with Crippen molar-refractivity contribution in [2.24, 2.45) is 5.92 Å². The van der Waals surface area contributed by atoms with Crippen LogP contribution in [0, 0.1) is 5.92 Å². The molecule has 3 aromatic rings. The van der Waals surface area contributed by atoms with Gasteiger partial charge in [-0.15, -0.1) is 0 Å². The summed E-state index contributed by atoms with van der Waals surface area (Å²) in [6.45, 7) is 2.48. The fourth-order valence-corrected chi connectivity index (χ4v) is 3.15. The molecule has 1 unspecified atom stereocenters. The first-order valence-corrected chi connectivity index (χ1v) is 7.96. The summed E-state index contributed by atoms with van der Waals surface area (Å²) in [6, 6.07) is 11.3. The predicted molar refractivity (Wildman–Crippen MR) is 87.4 cm³/mol. The zero-order valence-corrected chi connectivity index (χ0v) is 12.9. The second kappa shape index (κ2) is 6.01. The maximum atomic E-state index is 10.0. The Kier molecular flexibility index (Phi) is 3.71. The highest BCUT2D eigenvalue weighted by Crippen LogP contribution is 2.24. The van der Waals surface area contributed by atoms with Crippen LogP contribution in [-0.2, 0) is 17.7 Å². The summed E-state index contributed by atoms with van der Waals surface area (Å²) in [4.78, 5) is 9.24. The van der Waals surface area contributed by atoms with E-state index in [1.807, 2.05) is 30.3 Å². The van der Waals surface area contributed by atoms with Crippen molar-refractivity contribution in [2.75, 3.05) is 13.2 Å². The van der Waals surface area contributed by atoms with Crippen LogP contribution >= 0.6 is 0 Å². The normalized spacial score (nSPS) is 17.8. The van der Waals surface area contributed by atoms with Gasteiger partial charge in [-0.3, -0.25) is 0 Å². The predicted octanol–water partition coefficient (Wildman–Crippen LogP) is 2.76. The first-order chi connectivity index (χ1) is 11.3. The molecule has 1 N–H and O–H groups in total. The molecular formula is C18H19N3O2. The van der Waals surface area contributed by atoms with Gasteiger partial charge in [0.05, 0.1) is 6.61 Å². The van der Waals surface area contributed by atoms with Crippen LogP contribution < -0.4 is 0 Å². The molecule has 118 valence electrons. The van der Waals surface area contributed by atoms with Gasteiger partial charge in [-0.05, 0) is 24.6 Å². The molecule has 5 nitrogen and oxygen atoms in total. The zero-order valence-electron chi connectivity index (χ0n) is 12.9. The number of hydrogen-bond donors (Lipinski definition) is 1. The number of nitrogens with zero attached hydrogens (tertiary/aromatic N) is 3. The molecular weight excluding hydrogens is 290 g/mol. The summed E-state index contributed by atoms with van der Waals surface area (Å²) >= 11 is 0. The molecule has 0 spiro atoms. The van der Waals surface area contributed by atoms with Gasteiger partial charge in [0.15, 0.2) is 5.65 Å². The molecule has 1 atom stereocenters. The minimum absolute atomic E-state index is 0.309. The lowest BCUT2D eigenvalue weighted by atomic mass is 10.1. The molecule has 0 bridgehead atoms. The summed E-state index contributed by atoms with van der Waals surface area (Å²) in [7, 11) is 0. The van der Waals surface area contributed by atoms with Crippen LogP contribution in [-0.4, -0.2) is 32.9 Å². The third-order valence-corrected chi connectivity index (χ3v) is 4.39. The van der Waals surface area contributed by atoms with Gasteiger partial charge in [0.1, 0.15) is 17.1 Å². The van der Waals surface area contributed by atoms with Crippen molar-refractivity contribution in [2.45, 2.75) is 19.4 Å². The lowest BCUT2D eigenvalue weighted by molar-refractivity contribution is 0.182. The number of phenols is 1. The van der Waals surface area contributed by atoms with E-state index < -0.39 is 0 Å². The number of para-hydroxylation sites is 1. The average molecular weight is 309 g/mol. The number of pyridine rings is 1. The van der Waals surface area contributed by atoms with E-state index in [-0.39, 0.29) is 0 Å². The molecule has 0 radical (unpaired) electrons. The summed E-state index contributed by atoms with van der Waals surface area (Å²) < 4.78 is 7.68. The van der Waals surface area contributed by atoms with E-state index in [0.29, 0.717) is 18.1 Å². The molecule has 3 heterocycles. The van der Waals surface area contributed by atoms with Gasteiger partial charge >= 0.3 is 0 Å². The van der Waals surface area contributed by atoms with Crippen LogP contribution in [0.4, 0.5) is 0 Å². The van der Waals surface area contributed by atoms with E-state index in [1.54, 1.807) is 12.3 Å². The Balaban J connectivity index is 1.73. The first-order valence-electron chi connectivity index (χ1n) is 7.96. The lowest BCUT2D eigenvalue weighted by Gasteiger charge is -2.13. The van der Waals surface area contributed by atoms with Gasteiger partial charge < -0.3 is 14.4 Å². The average Bonchev–Trinajstić information content (AvgIpc) is 3.19. The number of phenolic OH excluding ortho intramolecular Hbond substituents is 1. The highest BCUT2D eigenvalue weighted by Gasteiger charge is 2.20. The van der Waals surface area contributed by atoms with E-state index in [9.17, 15) is 5.11 Å². The molecule has 2 aromatic heterocycles. The molecule has 4 rings (SSSR count). The smallest absolute Gasteiger partial charge is 0.160 e. The number of aromatic hydroxyl groups is 1. The van der Waals surface area contributed by atoms with Crippen molar-refractivity contribution < 1.29 is 9.84 Å². The SMILES string of the molecule is Oc1ccccc1Cc1nc2cccnc2n1CC1CCOC1. The Bertz CT molecular complexity index is 822. The zero-order chi connectivity index (χ0) is 15.6. The maximum Gasteiger partial charge on any atom is 0.160 e. The van der Waals surface area contributed by atoms with Gasteiger partial charge in [-0.1, -0.05) is 18.2 Å². The van der Waals surface area contributed by atoms with Crippen molar-refractivity contribution in [3.8, 4) is 5.75 Å². The third-order valence-electron chi connectivity index (χ3n) is 4.39. The second-order valence-electron chi connectivity index (χ2n) is 6.02. The molecule has 0 saturated carbocycles. The second-order valence-corrected chi connectivity index (χ2v) is 6.02. The van der Waals surface area contributed by atoms with Crippen LogP contribution in [0.25, 0.3) is 11.2 Å². The molecule has 23 heavy (non-hydrogen) atoms. The Morgan fingerprint density at radius 2 is 2.13 bits per heavy atom. The Morgan fingerprint density at radius 1 is 1.22 bits per heavy atom. The maximum absolute atomic E-state index is 10.0. The molecule has 0 amide bonds. The van der Waals surface area contributed by atoms with Crippen LogP contribution in [0.2, 0.25) is 0 Å². The Hall–Kier alpha value is -2.40. The van der Waals surface area contributed by atoms with E-state index >= 15 is 0 Å². The van der Waals surface area contributed by atoms with Crippen molar-refractivity contribution in [3.63, 3.8) is 0 Å². The monoisotopic (exact) mass is 309 g/mol. The fourth-order valence-electron chi connectivity index (χ4n) is 3.15. The fraction of sp³-hybridized carbons (Fsp3) is 0.333. The molecule has 1 aliphatic rings. The summed E-state index contributed by atoms with van der Waals surface area (Å²) in [5.74, 6) is 1.74. The number of hydrogen-bond acceptors (Lipinski definition) is 4. The summed E-state index contributed by atoms with van der Waals surface area (Å²) in [5, 5.41) is 10.0. The molecule has 1 aromatic carbocycles. The summed E-state index contributed by atoms with van der Waals surface area (Å²) in [5.41, 5.74) is 2.69. The lowest BCUT2D eigenvalue weighted by Crippen LogP contribution is -2.14. The Morgan fingerprint density at radius 3 is 2.96 bits per heavy atom. The van der Waals surface area contributed by atoms with E-state index in [2.05, 4.69) is 9.55 Å². The van der Waals surface area contributed by atoms with Crippen LogP contribution in [0.5, 0.6) is 5.75 Å². The molecule has 0 aliphatic carbocycles. The largest absolute Gasteiger partial charge is 0.508 e. The van der Waals surface area contributed by atoms with Gasteiger partial charge in [-0.2, -0.15) is 0 Å². The minimum Gasteiger partial charge on any atom is -0.508 e. The van der Waals surface area contributed by atoms with Gasteiger partial charge in [0, 0.05) is 37.3 Å². The highest BCUT2D eigenvalue weighted by molar-refractivity contribution is 5.71. The topological polar surface area (TPSA) is 60.2 Å². The number of rotatable bonds is 4. The van der Waals surface area contributed by atoms with Crippen molar-refractivity contribution in [3.05, 3.63) is 54.0 Å². The number of ether oxygens (including phenoxy) is 1. The highest BCUT2D eigenvalue weighted by atomic mass is 16.5. The van der Waals surface area contributed by atoms with Crippen LogP contribution in [0.15, 0.2) is 42.6 Å². The number of fused-ring (bicyclic) bond motifs is 1. The molecule has 1 fully saturated rings. The molecule has 5 heteroatoms. The van der Waals surface area contributed by atoms with E-state index in [4.69, 9.17) is 9.72 Å². The van der Waals surface area contributed by atoms with Crippen LogP contribution in [0.3, 0.4) is 0 Å². The molecule has 1 saturated heterocycles. The standard InChI is InChI=1S/C18H19N3O2/c22-16-6-2-1-4-14(16)10-17-20-15-5-3-8-19-18(15)21(17)11-13-7-9-23-12-13/h1-6,8,13,22H,7,9-12H2. The van der Waals surface area contributed by atoms with Gasteiger partial charge in [0.25, 0.3) is 0 Å². The van der Waals surface area contributed by atoms with Crippen molar-refractivity contribution in [1.82, 2.24) is 14.5 Å². The number of imidazole rings is 1. The van der Waals surface area contributed by atoms with Gasteiger partial charge in [0.2, 0.25) is 0 Å². The molecule has 1 aliphatic heterocycles.